The van der Waals surface area contributed by atoms with Gasteiger partial charge in [0.25, 0.3) is 0 Å². The molecule has 1 N–H and O–H groups in total. The van der Waals surface area contributed by atoms with Crippen LogP contribution in [-0.2, 0) is 0 Å². The molecule has 3 nitrogen and oxygen atoms in total. The Labute approximate surface area is 115 Å². The summed E-state index contributed by atoms with van der Waals surface area (Å²) in [4.78, 5) is 4.88. The lowest BCUT2D eigenvalue weighted by Crippen LogP contribution is -2.52. The minimum atomic E-state index is 0.127. The highest BCUT2D eigenvalue weighted by Gasteiger charge is 2.41. The van der Waals surface area contributed by atoms with E-state index in [4.69, 9.17) is 4.99 Å². The van der Waals surface area contributed by atoms with Crippen LogP contribution in [0.1, 0.15) is 41.5 Å². The van der Waals surface area contributed by atoms with Crippen molar-refractivity contribution in [3.63, 3.8) is 0 Å². The summed E-state index contributed by atoms with van der Waals surface area (Å²) in [5, 5.41) is 10.3. The molecule has 3 rings (SSSR count). The third-order valence-corrected chi connectivity index (χ3v) is 4.78. The van der Waals surface area contributed by atoms with Crippen LogP contribution in [0.4, 0.5) is 0 Å². The highest BCUT2D eigenvalue weighted by molar-refractivity contribution is 6.01. The van der Waals surface area contributed by atoms with E-state index in [0.29, 0.717) is 12.0 Å². The Balaban J connectivity index is 2.11. The highest BCUT2D eigenvalue weighted by Crippen LogP contribution is 2.38. The number of piperidine rings is 1. The fraction of sp³-hybridized carbons (Fsp3) is 0.562. The second-order valence-electron chi connectivity index (χ2n) is 6.45. The molecule has 3 unspecified atom stereocenters. The lowest BCUT2D eigenvalue weighted by atomic mass is 9.79. The first-order valence-corrected chi connectivity index (χ1v) is 7.10. The summed E-state index contributed by atoms with van der Waals surface area (Å²) in [7, 11) is 1.90. The van der Waals surface area contributed by atoms with E-state index >= 15 is 0 Å². The predicted molar refractivity (Wildman–Crippen MR) is 77.0 cm³/mol. The third kappa shape index (κ3) is 2.11. The van der Waals surface area contributed by atoms with Gasteiger partial charge in [0.15, 0.2) is 0 Å². The molecule has 0 spiro atoms. The second kappa shape index (κ2) is 4.15. The monoisotopic (exact) mass is 259 g/mol. The van der Waals surface area contributed by atoms with Gasteiger partial charge in [-0.3, -0.25) is 4.99 Å². The van der Waals surface area contributed by atoms with Gasteiger partial charge in [-0.05, 0) is 49.1 Å². The average Bonchev–Trinajstić information content (AvgIpc) is 2.33. The molecule has 2 aliphatic heterocycles. The van der Waals surface area contributed by atoms with E-state index in [1.165, 1.54) is 22.3 Å². The molecule has 19 heavy (non-hydrogen) atoms. The summed E-state index contributed by atoms with van der Waals surface area (Å²) in [6, 6.07) is 4.93. The standard InChI is InChI=1S/C16H23N2O/c1-10-7-13-12(3)17-16-5-6-18(4,19)9-15(16)14(13)8-11(10)2/h7-8,15-16,19H,5-6,9H2,1-4H3/q+1. The number of hydrogen-bond donors (Lipinski definition) is 1. The van der Waals surface area contributed by atoms with Gasteiger partial charge < -0.3 is 0 Å². The average molecular weight is 259 g/mol. The van der Waals surface area contributed by atoms with Crippen molar-refractivity contribution >= 4 is 5.71 Å². The number of rotatable bonds is 0. The molecule has 102 valence electrons. The maximum absolute atomic E-state index is 10.3. The Bertz CT molecular complexity index is 560. The van der Waals surface area contributed by atoms with Gasteiger partial charge in [0.2, 0.25) is 0 Å². The number of fused-ring (bicyclic) bond motifs is 3. The normalized spacial score (nSPS) is 33.4. The van der Waals surface area contributed by atoms with Crippen LogP contribution >= 0.6 is 0 Å². The zero-order chi connectivity index (χ0) is 13.8. The third-order valence-electron chi connectivity index (χ3n) is 4.78. The van der Waals surface area contributed by atoms with E-state index in [1.807, 2.05) is 7.05 Å². The molecular weight excluding hydrogens is 236 g/mol. The Hall–Kier alpha value is -1.19. The summed E-state index contributed by atoms with van der Waals surface area (Å²) >= 11 is 0. The quantitative estimate of drug-likeness (QED) is 0.714. The van der Waals surface area contributed by atoms with Crippen molar-refractivity contribution in [1.82, 2.24) is 0 Å². The second-order valence-corrected chi connectivity index (χ2v) is 6.45. The molecule has 0 aromatic heterocycles. The molecule has 1 aromatic rings. The molecule has 0 radical (unpaired) electrons. The Morgan fingerprint density at radius 2 is 1.89 bits per heavy atom. The lowest BCUT2D eigenvalue weighted by molar-refractivity contribution is -1.09. The van der Waals surface area contributed by atoms with E-state index in [9.17, 15) is 5.21 Å². The van der Waals surface area contributed by atoms with Crippen LogP contribution in [-0.4, -0.2) is 41.7 Å². The van der Waals surface area contributed by atoms with Crippen LogP contribution in [0, 0.1) is 13.8 Å². The summed E-state index contributed by atoms with van der Waals surface area (Å²) in [6.45, 7) is 8.02. The van der Waals surface area contributed by atoms with Crippen LogP contribution in [0.2, 0.25) is 0 Å². The number of aliphatic imine (C=N–C) groups is 1. The van der Waals surface area contributed by atoms with Gasteiger partial charge in [0, 0.05) is 12.1 Å². The van der Waals surface area contributed by atoms with Gasteiger partial charge in [-0.1, -0.05) is 6.07 Å². The largest absolute Gasteiger partial charge is 0.285 e. The van der Waals surface area contributed by atoms with Crippen molar-refractivity contribution in [2.45, 2.75) is 39.2 Å². The predicted octanol–water partition coefficient (Wildman–Crippen LogP) is 2.82. The van der Waals surface area contributed by atoms with Crippen LogP contribution < -0.4 is 0 Å². The number of likely N-dealkylation sites (tertiary alicyclic amines) is 1. The number of hydroxylamine groups is 3. The highest BCUT2D eigenvalue weighted by atomic mass is 16.5. The molecule has 1 aromatic carbocycles. The first-order chi connectivity index (χ1) is 8.87. The molecule has 0 bridgehead atoms. The number of benzene rings is 1. The minimum Gasteiger partial charge on any atom is -0.285 e. The molecule has 3 atom stereocenters. The van der Waals surface area contributed by atoms with Crippen molar-refractivity contribution in [2.24, 2.45) is 4.99 Å². The Kier molecular flexibility index (Phi) is 2.80. The van der Waals surface area contributed by atoms with E-state index in [2.05, 4.69) is 32.9 Å². The van der Waals surface area contributed by atoms with Gasteiger partial charge >= 0.3 is 0 Å². The van der Waals surface area contributed by atoms with Crippen molar-refractivity contribution in [3.8, 4) is 0 Å². The van der Waals surface area contributed by atoms with Gasteiger partial charge in [-0.25, -0.2) is 5.21 Å². The van der Waals surface area contributed by atoms with Crippen LogP contribution in [0.5, 0.6) is 0 Å². The van der Waals surface area contributed by atoms with E-state index in [1.54, 1.807) is 0 Å². The van der Waals surface area contributed by atoms with Gasteiger partial charge in [-0.15, -0.1) is 0 Å². The fourth-order valence-electron chi connectivity index (χ4n) is 3.49. The van der Waals surface area contributed by atoms with E-state index in [0.717, 1.165) is 25.2 Å². The molecule has 1 saturated heterocycles. The molecule has 2 heterocycles. The first kappa shape index (κ1) is 12.8. The van der Waals surface area contributed by atoms with E-state index < -0.39 is 0 Å². The summed E-state index contributed by atoms with van der Waals surface area (Å²) in [5.41, 5.74) is 6.49. The van der Waals surface area contributed by atoms with Crippen LogP contribution in [0.25, 0.3) is 0 Å². The Morgan fingerprint density at radius 3 is 2.63 bits per heavy atom. The van der Waals surface area contributed by atoms with Gasteiger partial charge in [0.05, 0.1) is 19.0 Å². The Morgan fingerprint density at radius 1 is 1.21 bits per heavy atom. The van der Waals surface area contributed by atoms with Gasteiger partial charge in [0.1, 0.15) is 13.1 Å². The molecule has 0 amide bonds. The number of nitrogens with zero attached hydrogens (tertiary/aromatic N) is 2. The van der Waals surface area contributed by atoms with Gasteiger partial charge in [-0.2, -0.15) is 4.65 Å². The van der Waals surface area contributed by atoms with Crippen molar-refractivity contribution in [2.75, 3.05) is 20.1 Å². The van der Waals surface area contributed by atoms with Crippen molar-refractivity contribution < 1.29 is 9.85 Å². The molecule has 3 heteroatoms. The number of aryl methyl sites for hydroxylation is 2. The van der Waals surface area contributed by atoms with Crippen molar-refractivity contribution in [3.05, 3.63) is 34.4 Å². The maximum Gasteiger partial charge on any atom is 0.117 e. The maximum atomic E-state index is 10.3. The number of likely N-dealkylation sites (N-methyl/N-ethyl adjacent to an activating group) is 1. The molecule has 0 aliphatic carbocycles. The minimum absolute atomic E-state index is 0.127. The van der Waals surface area contributed by atoms with Crippen LogP contribution in [0.15, 0.2) is 17.1 Å². The first-order valence-electron chi connectivity index (χ1n) is 7.10. The molecule has 0 saturated carbocycles. The van der Waals surface area contributed by atoms with Crippen LogP contribution in [0.3, 0.4) is 0 Å². The zero-order valence-corrected chi connectivity index (χ0v) is 12.3. The molecular formula is C16H23N2O+. The molecule has 2 aliphatic rings. The SMILES string of the molecule is CC1=NC2CC[N+](C)(O)CC2c2cc(C)c(C)cc21. The number of quaternary nitrogens is 1. The fourth-order valence-corrected chi connectivity index (χ4v) is 3.49. The summed E-state index contributed by atoms with van der Waals surface area (Å²) in [5.74, 6) is 0.363. The number of hydrogen-bond acceptors (Lipinski definition) is 2. The van der Waals surface area contributed by atoms with E-state index in [-0.39, 0.29) is 4.65 Å². The zero-order valence-electron chi connectivity index (χ0n) is 12.3. The van der Waals surface area contributed by atoms with Crippen molar-refractivity contribution in [1.29, 1.82) is 0 Å². The summed E-state index contributed by atoms with van der Waals surface area (Å²) < 4.78 is 0.127. The topological polar surface area (TPSA) is 32.6 Å². The molecule has 1 fully saturated rings. The summed E-state index contributed by atoms with van der Waals surface area (Å²) in [6.07, 6.45) is 0.974. The smallest absolute Gasteiger partial charge is 0.117 e. The lowest BCUT2D eigenvalue weighted by Gasteiger charge is -2.41.